The number of aromatic nitrogens is 2. The van der Waals surface area contributed by atoms with Crippen LogP contribution in [0.3, 0.4) is 0 Å². The van der Waals surface area contributed by atoms with Gasteiger partial charge in [-0.1, -0.05) is 0 Å². The number of aryl methyl sites for hydroxylation is 1. The molecule has 0 aromatic carbocycles. The largest absolute Gasteiger partial charge is 0.377 e. The molecule has 1 aromatic rings. The summed E-state index contributed by atoms with van der Waals surface area (Å²) in [5.41, 5.74) is 6.12. The Labute approximate surface area is 106 Å². The van der Waals surface area contributed by atoms with Gasteiger partial charge in [0.15, 0.2) is 0 Å². The van der Waals surface area contributed by atoms with Crippen LogP contribution in [0.25, 0.3) is 0 Å². The lowest BCUT2D eigenvalue weighted by Gasteiger charge is -2.15. The second-order valence-corrected chi connectivity index (χ2v) is 4.25. The third kappa shape index (κ3) is 3.30. The summed E-state index contributed by atoms with van der Waals surface area (Å²) in [6.45, 7) is 6.58. The Morgan fingerprint density at radius 3 is 2.56 bits per heavy atom. The summed E-state index contributed by atoms with van der Waals surface area (Å²) in [6.07, 6.45) is 0.509. The molecule has 6 nitrogen and oxygen atoms in total. The molecule has 0 saturated heterocycles. The van der Waals surface area contributed by atoms with E-state index in [1.54, 1.807) is 13.8 Å². The van der Waals surface area contributed by atoms with Crippen molar-refractivity contribution in [1.29, 1.82) is 0 Å². The van der Waals surface area contributed by atoms with Crippen molar-refractivity contribution in [2.24, 2.45) is 5.73 Å². The van der Waals surface area contributed by atoms with Gasteiger partial charge < -0.3 is 10.5 Å². The molecule has 1 unspecified atom stereocenters. The molecule has 1 aromatic heterocycles. The van der Waals surface area contributed by atoms with Crippen LogP contribution in [0.15, 0.2) is 9.59 Å². The van der Waals surface area contributed by atoms with Gasteiger partial charge in [-0.2, -0.15) is 0 Å². The highest BCUT2D eigenvalue weighted by molar-refractivity contribution is 5.17. The Morgan fingerprint density at radius 1 is 1.33 bits per heavy atom. The van der Waals surface area contributed by atoms with E-state index in [0.29, 0.717) is 37.2 Å². The van der Waals surface area contributed by atoms with E-state index in [9.17, 15) is 9.59 Å². The van der Waals surface area contributed by atoms with Crippen molar-refractivity contribution in [3.05, 3.63) is 31.8 Å². The van der Waals surface area contributed by atoms with Crippen molar-refractivity contribution in [2.45, 2.75) is 39.8 Å². The number of nitrogens with one attached hydrogen (secondary N) is 1. The monoisotopic (exact) mass is 255 g/mol. The highest BCUT2D eigenvalue weighted by atomic mass is 16.5. The van der Waals surface area contributed by atoms with E-state index in [0.717, 1.165) is 0 Å². The van der Waals surface area contributed by atoms with Crippen LogP contribution in [-0.4, -0.2) is 29.0 Å². The SMILES string of the molecule is CCOC(CN)CCn1[nH]c(=O)c(C)c(C)c1=O. The molecule has 102 valence electrons. The summed E-state index contributed by atoms with van der Waals surface area (Å²) < 4.78 is 6.73. The zero-order valence-corrected chi connectivity index (χ0v) is 11.2. The van der Waals surface area contributed by atoms with Gasteiger partial charge in [0.2, 0.25) is 0 Å². The molecule has 0 aliphatic rings. The minimum atomic E-state index is -0.229. The third-order valence-electron chi connectivity index (χ3n) is 3.05. The fourth-order valence-electron chi connectivity index (χ4n) is 1.73. The number of nitrogens with two attached hydrogens (primary N) is 1. The molecule has 0 radical (unpaired) electrons. The number of hydrogen-bond donors (Lipinski definition) is 2. The highest BCUT2D eigenvalue weighted by Crippen LogP contribution is 1.99. The number of nitrogens with zero attached hydrogens (tertiary/aromatic N) is 1. The molecular weight excluding hydrogens is 234 g/mol. The summed E-state index contributed by atoms with van der Waals surface area (Å²) in [5.74, 6) is 0. The van der Waals surface area contributed by atoms with E-state index in [1.165, 1.54) is 4.68 Å². The van der Waals surface area contributed by atoms with Gasteiger partial charge in [0, 0.05) is 30.8 Å². The Bertz CT molecular complexity index is 504. The minimum Gasteiger partial charge on any atom is -0.377 e. The predicted octanol–water partition coefficient (Wildman–Crippen LogP) is -0.0927. The minimum absolute atomic E-state index is 0.0907. The third-order valence-corrected chi connectivity index (χ3v) is 3.05. The topological polar surface area (TPSA) is 90.1 Å². The molecule has 0 aliphatic carbocycles. The number of ether oxygens (including phenoxy) is 1. The number of rotatable bonds is 6. The van der Waals surface area contributed by atoms with Gasteiger partial charge in [-0.3, -0.25) is 14.7 Å². The molecule has 0 saturated carbocycles. The predicted molar refractivity (Wildman–Crippen MR) is 69.9 cm³/mol. The quantitative estimate of drug-likeness (QED) is 0.743. The Morgan fingerprint density at radius 2 is 2.00 bits per heavy atom. The molecule has 3 N–H and O–H groups in total. The lowest BCUT2D eigenvalue weighted by Crippen LogP contribution is -2.35. The van der Waals surface area contributed by atoms with Crippen LogP contribution in [0.4, 0.5) is 0 Å². The van der Waals surface area contributed by atoms with Crippen molar-refractivity contribution in [3.8, 4) is 0 Å². The van der Waals surface area contributed by atoms with E-state index in [4.69, 9.17) is 10.5 Å². The molecule has 0 spiro atoms. The first-order chi connectivity index (χ1) is 8.51. The first-order valence-electron chi connectivity index (χ1n) is 6.13. The molecule has 1 rings (SSSR count). The summed E-state index contributed by atoms with van der Waals surface area (Å²) in [6, 6.07) is 0. The maximum atomic E-state index is 11.9. The molecular formula is C12H21N3O3. The summed E-state index contributed by atoms with van der Waals surface area (Å²) >= 11 is 0. The van der Waals surface area contributed by atoms with Crippen molar-refractivity contribution >= 4 is 0 Å². The molecule has 6 heteroatoms. The molecule has 0 fully saturated rings. The number of H-pyrrole nitrogens is 1. The van der Waals surface area contributed by atoms with Crippen LogP contribution in [0.5, 0.6) is 0 Å². The van der Waals surface area contributed by atoms with Gasteiger partial charge in [0.05, 0.1) is 6.10 Å². The zero-order chi connectivity index (χ0) is 13.7. The smallest absolute Gasteiger partial charge is 0.268 e. The molecule has 0 bridgehead atoms. The zero-order valence-electron chi connectivity index (χ0n) is 11.2. The molecule has 0 aliphatic heterocycles. The maximum absolute atomic E-state index is 11.9. The Kier molecular flexibility index (Phi) is 5.30. The molecule has 0 amide bonds. The number of aromatic amines is 1. The maximum Gasteiger partial charge on any atom is 0.268 e. The average molecular weight is 255 g/mol. The van der Waals surface area contributed by atoms with Crippen LogP contribution in [0.1, 0.15) is 24.5 Å². The van der Waals surface area contributed by atoms with Crippen LogP contribution in [0, 0.1) is 13.8 Å². The second-order valence-electron chi connectivity index (χ2n) is 4.25. The lowest BCUT2D eigenvalue weighted by atomic mass is 10.2. The first-order valence-corrected chi connectivity index (χ1v) is 6.13. The van der Waals surface area contributed by atoms with Crippen LogP contribution in [0.2, 0.25) is 0 Å². The first kappa shape index (κ1) is 14.7. The van der Waals surface area contributed by atoms with Crippen LogP contribution >= 0.6 is 0 Å². The van der Waals surface area contributed by atoms with E-state index in [-0.39, 0.29) is 17.2 Å². The van der Waals surface area contributed by atoms with Gasteiger partial charge in [-0.05, 0) is 27.2 Å². The van der Waals surface area contributed by atoms with E-state index in [2.05, 4.69) is 5.10 Å². The second kappa shape index (κ2) is 6.51. The lowest BCUT2D eigenvalue weighted by molar-refractivity contribution is 0.0588. The van der Waals surface area contributed by atoms with E-state index in [1.807, 2.05) is 6.92 Å². The van der Waals surface area contributed by atoms with Gasteiger partial charge >= 0.3 is 0 Å². The van der Waals surface area contributed by atoms with Crippen molar-refractivity contribution < 1.29 is 4.74 Å². The fourth-order valence-corrected chi connectivity index (χ4v) is 1.73. The average Bonchev–Trinajstić information content (AvgIpc) is 2.37. The Hall–Kier alpha value is -1.40. The fraction of sp³-hybridized carbons (Fsp3) is 0.667. The van der Waals surface area contributed by atoms with Gasteiger partial charge in [-0.15, -0.1) is 0 Å². The van der Waals surface area contributed by atoms with E-state index < -0.39 is 0 Å². The summed E-state index contributed by atoms with van der Waals surface area (Å²) in [4.78, 5) is 23.5. The Balaban J connectivity index is 2.86. The molecule has 1 heterocycles. The van der Waals surface area contributed by atoms with Crippen molar-refractivity contribution in [1.82, 2.24) is 9.78 Å². The van der Waals surface area contributed by atoms with Gasteiger partial charge in [0.25, 0.3) is 11.1 Å². The summed E-state index contributed by atoms with van der Waals surface area (Å²) in [5, 5.41) is 2.56. The van der Waals surface area contributed by atoms with Crippen molar-refractivity contribution in [2.75, 3.05) is 13.2 Å². The molecule has 18 heavy (non-hydrogen) atoms. The summed E-state index contributed by atoms with van der Waals surface area (Å²) in [7, 11) is 0. The van der Waals surface area contributed by atoms with Crippen LogP contribution in [-0.2, 0) is 11.3 Å². The van der Waals surface area contributed by atoms with E-state index >= 15 is 0 Å². The number of hydrogen-bond acceptors (Lipinski definition) is 4. The van der Waals surface area contributed by atoms with Crippen molar-refractivity contribution in [3.63, 3.8) is 0 Å². The highest BCUT2D eigenvalue weighted by Gasteiger charge is 2.10. The molecule has 1 atom stereocenters. The van der Waals surface area contributed by atoms with Crippen LogP contribution < -0.4 is 16.9 Å². The van der Waals surface area contributed by atoms with Gasteiger partial charge in [0.1, 0.15) is 0 Å². The van der Waals surface area contributed by atoms with Gasteiger partial charge in [-0.25, -0.2) is 4.68 Å². The standard InChI is InChI=1S/C12H21N3O3/c1-4-18-10(7-13)5-6-15-12(17)9(3)8(2)11(16)14-15/h10H,4-7,13H2,1-3H3,(H,14,16). The normalized spacial score (nSPS) is 12.7.